The molecule has 0 fully saturated rings. The molecule has 0 aliphatic rings. The Hall–Kier alpha value is -1.10. The number of aliphatic hydroxyl groups is 2. The lowest BCUT2D eigenvalue weighted by atomic mass is 10.1. The third-order valence-corrected chi connectivity index (χ3v) is 2.44. The van der Waals surface area contributed by atoms with E-state index in [4.69, 9.17) is 14.9 Å². The number of nitrogens with one attached hydrogen (secondary N) is 1. The molecule has 0 aliphatic carbocycles. The van der Waals surface area contributed by atoms with Gasteiger partial charge < -0.3 is 20.3 Å². The number of benzene rings is 1. The van der Waals surface area contributed by atoms with Crippen molar-refractivity contribution >= 4 is 0 Å². The molecule has 0 bridgehead atoms. The van der Waals surface area contributed by atoms with E-state index < -0.39 is 6.10 Å². The van der Waals surface area contributed by atoms with Crippen LogP contribution >= 0.6 is 0 Å². The Morgan fingerprint density at radius 1 is 1.44 bits per heavy atom. The fourth-order valence-corrected chi connectivity index (χ4v) is 1.29. The number of ether oxygens (including phenoxy) is 1. The van der Waals surface area contributed by atoms with Crippen molar-refractivity contribution in [3.63, 3.8) is 0 Å². The van der Waals surface area contributed by atoms with E-state index in [1.54, 1.807) is 0 Å². The Morgan fingerprint density at radius 2 is 2.19 bits per heavy atom. The molecule has 1 aromatic rings. The van der Waals surface area contributed by atoms with E-state index in [9.17, 15) is 0 Å². The first kappa shape index (κ1) is 13.0. The molecular weight excluding hydrogens is 206 g/mol. The summed E-state index contributed by atoms with van der Waals surface area (Å²) >= 11 is 0. The van der Waals surface area contributed by atoms with Gasteiger partial charge in [-0.1, -0.05) is 12.1 Å². The Balaban J connectivity index is 2.60. The van der Waals surface area contributed by atoms with Gasteiger partial charge in [-0.25, -0.2) is 0 Å². The molecule has 4 nitrogen and oxygen atoms in total. The van der Waals surface area contributed by atoms with Crippen LogP contribution in [0.1, 0.15) is 18.5 Å². The summed E-state index contributed by atoms with van der Waals surface area (Å²) in [7, 11) is 1.90. The third-order valence-electron chi connectivity index (χ3n) is 2.44. The van der Waals surface area contributed by atoms with Gasteiger partial charge in [0.15, 0.2) is 0 Å². The predicted octanol–water partition coefficient (Wildman–Crippen LogP) is 0.699. The fourth-order valence-electron chi connectivity index (χ4n) is 1.29. The van der Waals surface area contributed by atoms with Crippen LogP contribution in [0.25, 0.3) is 0 Å². The smallest absolute Gasteiger partial charge is 0.119 e. The zero-order valence-corrected chi connectivity index (χ0v) is 9.68. The van der Waals surface area contributed by atoms with Crippen LogP contribution in [0.15, 0.2) is 24.3 Å². The van der Waals surface area contributed by atoms with Crippen molar-refractivity contribution in [3.05, 3.63) is 29.8 Å². The molecule has 1 rings (SSSR count). The summed E-state index contributed by atoms with van der Waals surface area (Å²) in [5, 5.41) is 20.9. The number of hydrogen-bond donors (Lipinski definition) is 3. The van der Waals surface area contributed by atoms with Crippen molar-refractivity contribution < 1.29 is 14.9 Å². The second kappa shape index (κ2) is 6.48. The van der Waals surface area contributed by atoms with Crippen molar-refractivity contribution in [3.8, 4) is 5.75 Å². The normalized spacial score (nSPS) is 14.5. The topological polar surface area (TPSA) is 61.7 Å². The molecule has 1 aromatic carbocycles. The van der Waals surface area contributed by atoms with Gasteiger partial charge in [-0.15, -0.1) is 0 Å². The summed E-state index contributed by atoms with van der Waals surface area (Å²) in [5.74, 6) is 0.701. The molecule has 0 saturated heterocycles. The van der Waals surface area contributed by atoms with E-state index >= 15 is 0 Å². The van der Waals surface area contributed by atoms with Crippen molar-refractivity contribution in [2.24, 2.45) is 0 Å². The van der Waals surface area contributed by atoms with Gasteiger partial charge in [0.2, 0.25) is 0 Å². The maximum Gasteiger partial charge on any atom is 0.119 e. The van der Waals surface area contributed by atoms with Gasteiger partial charge >= 0.3 is 0 Å². The van der Waals surface area contributed by atoms with Gasteiger partial charge in [0, 0.05) is 6.04 Å². The second-order valence-electron chi connectivity index (χ2n) is 3.73. The van der Waals surface area contributed by atoms with Crippen LogP contribution in [0, 0.1) is 0 Å². The minimum Gasteiger partial charge on any atom is -0.491 e. The first-order valence-electron chi connectivity index (χ1n) is 5.36. The zero-order chi connectivity index (χ0) is 12.0. The molecule has 0 amide bonds. The highest BCUT2D eigenvalue weighted by Gasteiger charge is 2.06. The highest BCUT2D eigenvalue weighted by atomic mass is 16.5. The number of aliphatic hydroxyl groups excluding tert-OH is 2. The van der Waals surface area contributed by atoms with Gasteiger partial charge in [0.1, 0.15) is 18.5 Å². The second-order valence-corrected chi connectivity index (χ2v) is 3.73. The molecule has 2 atom stereocenters. The average Bonchev–Trinajstić information content (AvgIpc) is 2.35. The van der Waals surface area contributed by atoms with Crippen LogP contribution in [-0.4, -0.2) is 36.6 Å². The van der Waals surface area contributed by atoms with Gasteiger partial charge in [-0.05, 0) is 31.7 Å². The molecule has 16 heavy (non-hydrogen) atoms. The maximum absolute atomic E-state index is 9.16. The van der Waals surface area contributed by atoms with Gasteiger partial charge in [0.05, 0.1) is 6.61 Å². The minimum absolute atomic E-state index is 0.105. The summed E-state index contributed by atoms with van der Waals surface area (Å²) in [6, 6.07) is 7.92. The standard InChI is InChI=1S/C12H19NO3/c1-9(13-2)10-4-3-5-12(6-10)16-8-11(15)7-14/h3-6,9,11,13-15H,7-8H2,1-2H3. The van der Waals surface area contributed by atoms with Crippen LogP contribution in [0.3, 0.4) is 0 Å². The molecular formula is C12H19NO3. The third kappa shape index (κ3) is 3.81. The van der Waals surface area contributed by atoms with Crippen LogP contribution in [0.5, 0.6) is 5.75 Å². The summed E-state index contributed by atoms with van der Waals surface area (Å²) in [6.45, 7) is 1.88. The van der Waals surface area contributed by atoms with E-state index in [0.29, 0.717) is 5.75 Å². The molecule has 0 aromatic heterocycles. The fraction of sp³-hybridized carbons (Fsp3) is 0.500. The van der Waals surface area contributed by atoms with Gasteiger partial charge in [-0.2, -0.15) is 0 Å². The summed E-state index contributed by atoms with van der Waals surface area (Å²) in [4.78, 5) is 0. The molecule has 2 unspecified atom stereocenters. The Bertz CT molecular complexity index is 317. The number of rotatable bonds is 6. The average molecular weight is 225 g/mol. The molecule has 0 radical (unpaired) electrons. The predicted molar refractivity (Wildman–Crippen MR) is 62.5 cm³/mol. The monoisotopic (exact) mass is 225 g/mol. The highest BCUT2D eigenvalue weighted by Crippen LogP contribution is 2.18. The molecule has 0 spiro atoms. The Kier molecular flexibility index (Phi) is 5.25. The molecule has 90 valence electrons. The molecule has 3 N–H and O–H groups in total. The lowest BCUT2D eigenvalue weighted by Gasteiger charge is -2.14. The van der Waals surface area contributed by atoms with E-state index in [1.165, 1.54) is 0 Å². The van der Waals surface area contributed by atoms with E-state index in [-0.39, 0.29) is 19.3 Å². The summed E-state index contributed by atoms with van der Waals surface area (Å²) < 4.78 is 5.36. The van der Waals surface area contributed by atoms with Gasteiger partial charge in [-0.3, -0.25) is 0 Å². The largest absolute Gasteiger partial charge is 0.491 e. The van der Waals surface area contributed by atoms with E-state index in [0.717, 1.165) is 5.56 Å². The summed E-state index contributed by atoms with van der Waals surface area (Å²) in [5.41, 5.74) is 1.12. The van der Waals surface area contributed by atoms with Gasteiger partial charge in [0.25, 0.3) is 0 Å². The quantitative estimate of drug-likeness (QED) is 0.667. The Morgan fingerprint density at radius 3 is 2.81 bits per heavy atom. The van der Waals surface area contributed by atoms with E-state index in [1.807, 2.05) is 31.3 Å². The molecule has 0 aliphatic heterocycles. The number of hydrogen-bond acceptors (Lipinski definition) is 4. The Labute approximate surface area is 95.9 Å². The van der Waals surface area contributed by atoms with E-state index in [2.05, 4.69) is 12.2 Å². The lowest BCUT2D eigenvalue weighted by Crippen LogP contribution is -2.21. The van der Waals surface area contributed by atoms with Crippen LogP contribution in [0.2, 0.25) is 0 Å². The van der Waals surface area contributed by atoms with Crippen LogP contribution < -0.4 is 10.1 Å². The van der Waals surface area contributed by atoms with Crippen molar-refractivity contribution in [2.75, 3.05) is 20.3 Å². The first-order chi connectivity index (χ1) is 7.67. The van der Waals surface area contributed by atoms with Crippen LogP contribution in [-0.2, 0) is 0 Å². The highest BCUT2D eigenvalue weighted by molar-refractivity contribution is 5.30. The van der Waals surface area contributed by atoms with Crippen molar-refractivity contribution in [2.45, 2.75) is 19.1 Å². The maximum atomic E-state index is 9.16. The van der Waals surface area contributed by atoms with Crippen molar-refractivity contribution in [1.29, 1.82) is 0 Å². The SMILES string of the molecule is CNC(C)c1cccc(OCC(O)CO)c1. The molecule has 4 heteroatoms. The first-order valence-corrected chi connectivity index (χ1v) is 5.36. The summed E-state index contributed by atoms with van der Waals surface area (Å²) in [6.07, 6.45) is -0.828. The van der Waals surface area contributed by atoms with Crippen LogP contribution in [0.4, 0.5) is 0 Å². The lowest BCUT2D eigenvalue weighted by molar-refractivity contribution is 0.0536. The zero-order valence-electron chi connectivity index (χ0n) is 9.68. The van der Waals surface area contributed by atoms with Crippen molar-refractivity contribution in [1.82, 2.24) is 5.32 Å². The molecule has 0 heterocycles. The minimum atomic E-state index is -0.828. The molecule has 0 saturated carbocycles.